The van der Waals surface area contributed by atoms with Gasteiger partial charge in [-0.1, -0.05) is 19.3 Å². The van der Waals surface area contributed by atoms with Crippen LogP contribution in [0.1, 0.15) is 135 Å². The van der Waals surface area contributed by atoms with Gasteiger partial charge in [0.15, 0.2) is 0 Å². The molecule has 52 heavy (non-hydrogen) atoms. The van der Waals surface area contributed by atoms with Crippen molar-refractivity contribution < 1.29 is 11.9 Å². The van der Waals surface area contributed by atoms with Gasteiger partial charge in [0.25, 0.3) is 0 Å². The minimum atomic E-state index is -3.50. The van der Waals surface area contributed by atoms with E-state index in [1.165, 1.54) is 50.4 Å². The van der Waals surface area contributed by atoms with Gasteiger partial charge in [-0.2, -0.15) is 0 Å². The first-order valence-electron chi connectivity index (χ1n) is 20.2. The van der Waals surface area contributed by atoms with Crippen molar-refractivity contribution in [3.63, 3.8) is 0 Å². The van der Waals surface area contributed by atoms with E-state index in [-0.39, 0.29) is 7.92 Å². The van der Waals surface area contributed by atoms with Crippen molar-refractivity contribution >= 4 is 31.9 Å². The Kier molecular flexibility index (Phi) is 14.1. The number of hydrogen-bond acceptors (Lipinski definition) is 0. The van der Waals surface area contributed by atoms with E-state index in [1.54, 1.807) is 96.3 Å². The number of aromatic nitrogens is 2. The van der Waals surface area contributed by atoms with Crippen LogP contribution in [0, 0.1) is 45.6 Å². The Balaban J connectivity index is 0.000000206. The van der Waals surface area contributed by atoms with Crippen molar-refractivity contribution in [1.29, 1.82) is 0 Å². The van der Waals surface area contributed by atoms with Gasteiger partial charge in [-0.15, -0.1) is 0 Å². The summed E-state index contributed by atoms with van der Waals surface area (Å²) in [5.74, 6) is 0. The summed E-state index contributed by atoms with van der Waals surface area (Å²) in [4.78, 5) is 0. The maximum absolute atomic E-state index is 7.36. The average molecular weight is 848 g/mol. The fourth-order valence-corrected chi connectivity index (χ4v) is 20.9. The van der Waals surface area contributed by atoms with Crippen molar-refractivity contribution in [2.45, 2.75) is 155 Å². The van der Waals surface area contributed by atoms with Gasteiger partial charge in [-0.25, -0.2) is 0 Å². The third-order valence-corrected chi connectivity index (χ3v) is 22.0. The molecule has 0 saturated heterocycles. The van der Waals surface area contributed by atoms with Gasteiger partial charge in [0.2, 0.25) is 0 Å². The molecule has 0 unspecified atom stereocenters. The minimum absolute atomic E-state index is 0.0465. The fraction of sp³-hybridized carbons (Fsp3) is 0.522. The Labute approximate surface area is 327 Å². The fourth-order valence-electron chi connectivity index (χ4n) is 10.1. The predicted octanol–water partition coefficient (Wildman–Crippen LogP) is 14.2. The van der Waals surface area contributed by atoms with Crippen LogP contribution < -0.4 is 0 Å². The average Bonchev–Trinajstić information content (AvgIpc) is 3.54. The Morgan fingerprint density at radius 1 is 0.538 bits per heavy atom. The number of aryl methyl sites for hydroxylation is 6. The summed E-state index contributed by atoms with van der Waals surface area (Å²) in [5.41, 5.74) is 14.3. The van der Waals surface area contributed by atoms with Crippen LogP contribution in [0.15, 0.2) is 67.0 Å². The molecule has 3 aliphatic carbocycles. The van der Waals surface area contributed by atoms with E-state index in [0.717, 1.165) is 21.0 Å². The molecule has 0 radical (unpaired) electrons. The second-order valence-electron chi connectivity index (χ2n) is 16.2. The van der Waals surface area contributed by atoms with E-state index in [9.17, 15) is 0 Å². The third kappa shape index (κ3) is 9.59. The van der Waals surface area contributed by atoms with E-state index >= 15 is 0 Å². The van der Waals surface area contributed by atoms with Crippen molar-refractivity contribution in [2.75, 3.05) is 0 Å². The zero-order valence-corrected chi connectivity index (χ0v) is 37.0. The van der Waals surface area contributed by atoms with Gasteiger partial charge in [-0.3, -0.25) is 0 Å². The molecule has 6 heteroatoms. The molecule has 7 rings (SSSR count). The second-order valence-corrected chi connectivity index (χ2v) is 28.9. The van der Waals surface area contributed by atoms with Crippen LogP contribution in [0.2, 0.25) is 0 Å². The first-order valence-corrected chi connectivity index (χ1v) is 28.3. The summed E-state index contributed by atoms with van der Waals surface area (Å²) in [6, 6.07) is 19.0. The first kappa shape index (κ1) is 40.0. The summed E-state index contributed by atoms with van der Waals surface area (Å²) in [7, 11) is 14.7. The quantitative estimate of drug-likeness (QED) is 0.135. The Morgan fingerprint density at radius 3 is 1.23 bits per heavy atom. The van der Waals surface area contributed by atoms with E-state index in [2.05, 4.69) is 104 Å². The third-order valence-electron chi connectivity index (χ3n) is 12.0. The zero-order valence-electron chi connectivity index (χ0n) is 32.8. The summed E-state index contributed by atoms with van der Waals surface area (Å²) in [6.07, 6.45) is 28.0. The monoisotopic (exact) mass is 847 g/mol. The van der Waals surface area contributed by atoms with E-state index in [0.29, 0.717) is 0 Å². The molecule has 1 aromatic heterocycles. The Hall–Kier alpha value is -1.63. The molecule has 0 spiro atoms. The Bertz CT molecular complexity index is 1790. The number of hydrogen-bond donors (Lipinski definition) is 0. The first-order chi connectivity index (χ1) is 25.0. The SMILES string of the molecule is C1CCC([PH+](C2CCCCC2)C2CCCCC2)CC1.Cc1cc(C)c(-n2ccn(-c3c(C)cc(C)cc3C)[c]2=[Ru]([Cl])([Cl])=[CH]c2ccccc2)c(C)c1. The van der Waals surface area contributed by atoms with Gasteiger partial charge in [0, 0.05) is 7.92 Å². The van der Waals surface area contributed by atoms with Crippen LogP contribution in [0.4, 0.5) is 0 Å². The number of halogens is 2. The molecule has 3 fully saturated rings. The van der Waals surface area contributed by atoms with Gasteiger partial charge >= 0.3 is 208 Å². The summed E-state index contributed by atoms with van der Waals surface area (Å²) < 4.78 is 7.46. The number of benzene rings is 3. The topological polar surface area (TPSA) is 9.86 Å². The summed E-state index contributed by atoms with van der Waals surface area (Å²) >= 11 is -3.50. The maximum atomic E-state index is 7.36. The summed E-state index contributed by atoms with van der Waals surface area (Å²) in [5, 5.41) is 0. The van der Waals surface area contributed by atoms with Crippen molar-refractivity contribution in [1.82, 2.24) is 9.13 Å². The molecule has 0 N–H and O–H groups in total. The van der Waals surface area contributed by atoms with Crippen molar-refractivity contribution in [2.24, 2.45) is 0 Å². The molecule has 4 aromatic rings. The van der Waals surface area contributed by atoms with E-state index in [4.69, 9.17) is 19.4 Å². The van der Waals surface area contributed by atoms with Gasteiger partial charge in [0.05, 0.1) is 17.0 Å². The molecule has 1 heterocycles. The molecular weight excluding hydrogens is 783 g/mol. The van der Waals surface area contributed by atoms with Crippen molar-refractivity contribution in [3.05, 3.63) is 110 Å². The number of rotatable bonds is 6. The van der Waals surface area contributed by atoms with Crippen LogP contribution in [-0.2, 0) is 11.9 Å². The normalized spacial score (nSPS) is 18.2. The van der Waals surface area contributed by atoms with Crippen LogP contribution in [0.3, 0.4) is 0 Å². The molecule has 2 nitrogen and oxygen atoms in total. The predicted molar refractivity (Wildman–Crippen MR) is 229 cm³/mol. The van der Waals surface area contributed by atoms with Gasteiger partial charge in [0.1, 0.15) is 0 Å². The van der Waals surface area contributed by atoms with Crippen LogP contribution >= 0.6 is 27.3 Å². The standard InChI is InChI=1S/C21H24N2.C18H33P.C7H6.2ClH.Ru/c1-14-9-16(3)20(17(4)10-14)22-7-8-23(13-22)21-18(5)11-15(2)12-19(21)6;1-4-10-16(11-5-1)19(17-12-6-2-7-13-17)18-14-8-3-9-15-18;1-7-5-3-2-4-6-7;;;/h7-12H,1-6H3;16-18H,1-15H2;1-6H;2*1H;/q;;;;;+2/p-1. The molecule has 3 aliphatic rings. The number of nitrogens with zero attached hydrogens (tertiary/aromatic N) is 2. The molecule has 0 amide bonds. The van der Waals surface area contributed by atoms with Crippen molar-refractivity contribution in [3.8, 4) is 11.4 Å². The van der Waals surface area contributed by atoms with Gasteiger partial charge in [-0.05, 0) is 77.0 Å². The number of imidazole rings is 1. The molecule has 3 saturated carbocycles. The zero-order chi connectivity index (χ0) is 36.8. The molecule has 0 aliphatic heterocycles. The molecule has 284 valence electrons. The van der Waals surface area contributed by atoms with E-state index < -0.39 is 11.9 Å². The van der Waals surface area contributed by atoms with Crippen LogP contribution in [0.25, 0.3) is 11.4 Å². The van der Waals surface area contributed by atoms with Gasteiger partial charge < -0.3 is 0 Å². The Morgan fingerprint density at radius 2 is 0.885 bits per heavy atom. The van der Waals surface area contributed by atoms with Crippen LogP contribution in [0.5, 0.6) is 0 Å². The molecular formula is C46H64Cl2N2PRu+. The molecule has 0 atom stereocenters. The summed E-state index contributed by atoms with van der Waals surface area (Å²) in [6.45, 7) is 12.9. The van der Waals surface area contributed by atoms with Crippen LogP contribution in [-0.4, -0.2) is 30.7 Å². The van der Waals surface area contributed by atoms with E-state index in [1.807, 2.05) is 18.2 Å². The molecule has 0 bridgehead atoms. The molecule has 3 aromatic carbocycles. The second kappa shape index (κ2) is 18.3.